The molecular weight excluding hydrogens is 450 g/mol. The highest BCUT2D eigenvalue weighted by Crippen LogP contribution is 2.39. The number of methoxy groups -OCH3 is 1. The van der Waals surface area contributed by atoms with Crippen LogP contribution in [-0.4, -0.2) is 84.7 Å². The number of aromatic nitrogens is 1. The monoisotopic (exact) mass is 481 g/mol. The Hall–Kier alpha value is -3.30. The van der Waals surface area contributed by atoms with Crippen LogP contribution in [0.5, 0.6) is 0 Å². The van der Waals surface area contributed by atoms with Gasteiger partial charge in [0.1, 0.15) is 11.6 Å². The Bertz CT molecular complexity index is 1150. The van der Waals surface area contributed by atoms with Gasteiger partial charge in [0.15, 0.2) is 5.78 Å². The van der Waals surface area contributed by atoms with Crippen LogP contribution in [0.2, 0.25) is 0 Å². The number of hydrogen-bond acceptors (Lipinski definition) is 7. The van der Waals surface area contributed by atoms with Crippen molar-refractivity contribution in [1.29, 1.82) is 0 Å². The molecule has 0 saturated carbocycles. The zero-order chi connectivity index (χ0) is 25.3. The number of amides is 1. The highest BCUT2D eigenvalue weighted by atomic mass is 16.5. The van der Waals surface area contributed by atoms with E-state index >= 15 is 0 Å². The predicted molar refractivity (Wildman–Crippen MR) is 127 cm³/mol. The molecule has 3 heterocycles. The van der Waals surface area contributed by atoms with E-state index in [0.717, 1.165) is 24.2 Å². The van der Waals surface area contributed by atoms with E-state index in [2.05, 4.69) is 9.88 Å². The number of aryl methyl sites for hydroxylation is 2. The van der Waals surface area contributed by atoms with Crippen LogP contribution in [0.3, 0.4) is 0 Å². The van der Waals surface area contributed by atoms with Crippen LogP contribution in [0.25, 0.3) is 0 Å². The summed E-state index contributed by atoms with van der Waals surface area (Å²) in [6.45, 7) is 8.94. The van der Waals surface area contributed by atoms with Crippen molar-refractivity contribution < 1.29 is 28.7 Å². The number of hydrogen-bond donors (Lipinski definition) is 1. The summed E-state index contributed by atoms with van der Waals surface area (Å²) in [6.07, 6.45) is 0. The van der Waals surface area contributed by atoms with E-state index in [1.54, 1.807) is 13.8 Å². The topological polar surface area (TPSA) is 109 Å². The zero-order valence-corrected chi connectivity index (χ0v) is 20.6. The molecule has 1 amide bonds. The zero-order valence-electron chi connectivity index (χ0n) is 20.6. The lowest BCUT2D eigenvalue weighted by molar-refractivity contribution is -0.141. The molecule has 2 aromatic rings. The number of likely N-dealkylation sites (tertiary alicyclic amines) is 1. The summed E-state index contributed by atoms with van der Waals surface area (Å²) in [5.41, 5.74) is 3.06. The number of ketones is 2. The van der Waals surface area contributed by atoms with E-state index in [0.29, 0.717) is 37.6 Å². The second kappa shape index (κ2) is 10.1. The van der Waals surface area contributed by atoms with Gasteiger partial charge in [-0.2, -0.15) is 0 Å². The highest BCUT2D eigenvalue weighted by Gasteiger charge is 2.52. The second-order valence-corrected chi connectivity index (χ2v) is 9.13. The molecule has 0 bridgehead atoms. The number of nitrogens with one attached hydrogen (secondary N) is 1. The van der Waals surface area contributed by atoms with E-state index in [1.165, 1.54) is 12.0 Å². The largest absolute Gasteiger partial charge is 0.464 e. The lowest BCUT2D eigenvalue weighted by atomic mass is 9.85. The molecule has 0 radical (unpaired) electrons. The molecule has 0 aliphatic carbocycles. The number of morpholine rings is 1. The normalized spacial score (nSPS) is 21.0. The maximum absolute atomic E-state index is 13.9. The molecule has 1 aromatic heterocycles. The van der Waals surface area contributed by atoms with E-state index in [1.807, 2.05) is 31.2 Å². The van der Waals surface area contributed by atoms with E-state index in [4.69, 9.17) is 9.47 Å². The van der Waals surface area contributed by atoms with Crippen molar-refractivity contribution in [3.05, 3.63) is 57.9 Å². The van der Waals surface area contributed by atoms with Gasteiger partial charge in [-0.25, -0.2) is 4.79 Å². The van der Waals surface area contributed by atoms with Crippen molar-refractivity contribution in [2.75, 3.05) is 46.5 Å². The summed E-state index contributed by atoms with van der Waals surface area (Å²) < 4.78 is 10.2. The third kappa shape index (κ3) is 4.66. The van der Waals surface area contributed by atoms with Crippen molar-refractivity contribution in [2.45, 2.75) is 26.8 Å². The molecule has 1 aromatic carbocycles. The molecule has 1 N–H and O–H groups in total. The van der Waals surface area contributed by atoms with Gasteiger partial charge in [-0.1, -0.05) is 29.8 Å². The lowest BCUT2D eigenvalue weighted by Crippen LogP contribution is -2.42. The fourth-order valence-corrected chi connectivity index (χ4v) is 5.02. The molecular formula is C26H31N3O6. The van der Waals surface area contributed by atoms with Gasteiger partial charge in [0.25, 0.3) is 5.91 Å². The molecule has 0 spiro atoms. The molecule has 35 heavy (non-hydrogen) atoms. The van der Waals surface area contributed by atoms with Crippen LogP contribution in [-0.2, 0) is 19.1 Å². The fourth-order valence-electron chi connectivity index (χ4n) is 5.02. The van der Waals surface area contributed by atoms with E-state index < -0.39 is 35.4 Å². The first-order chi connectivity index (χ1) is 16.7. The first kappa shape index (κ1) is 24.8. The number of carbonyl (C=O) groups excluding carboxylic acids is 4. The Kier molecular flexibility index (Phi) is 7.18. The first-order valence-electron chi connectivity index (χ1n) is 11.8. The maximum atomic E-state index is 13.9. The van der Waals surface area contributed by atoms with Gasteiger partial charge in [-0.05, 0) is 31.9 Å². The molecule has 2 aliphatic heterocycles. The third-order valence-corrected chi connectivity index (χ3v) is 6.94. The molecule has 9 nitrogen and oxygen atoms in total. The van der Waals surface area contributed by atoms with Crippen molar-refractivity contribution >= 4 is 23.4 Å². The Labute approximate surface area is 204 Å². The summed E-state index contributed by atoms with van der Waals surface area (Å²) in [5.74, 6) is -3.64. The van der Waals surface area contributed by atoms with Gasteiger partial charge in [-0.3, -0.25) is 19.3 Å². The van der Waals surface area contributed by atoms with Gasteiger partial charge in [0, 0.05) is 37.4 Å². The number of nitrogens with zero attached hydrogens (tertiary/aromatic N) is 2. The number of H-pyrrole nitrogens is 1. The number of Topliss-reactive ketones (excluding diaryl/α,β-unsaturated/α-hetero) is 2. The quantitative estimate of drug-likeness (QED) is 0.279. The van der Waals surface area contributed by atoms with E-state index in [9.17, 15) is 19.2 Å². The summed E-state index contributed by atoms with van der Waals surface area (Å²) in [5, 5.41) is 0. The average Bonchev–Trinajstić information content (AvgIpc) is 3.30. The number of carbonyl (C=O) groups is 4. The minimum absolute atomic E-state index is 0.168. The Morgan fingerprint density at radius 3 is 2.34 bits per heavy atom. The summed E-state index contributed by atoms with van der Waals surface area (Å²) in [6, 6.07) is 6.83. The minimum atomic E-state index is -1.20. The molecule has 2 fully saturated rings. The van der Waals surface area contributed by atoms with Crippen LogP contribution < -0.4 is 0 Å². The van der Waals surface area contributed by atoms with Gasteiger partial charge in [-0.15, -0.1) is 0 Å². The van der Waals surface area contributed by atoms with Gasteiger partial charge < -0.3 is 19.4 Å². The van der Waals surface area contributed by atoms with Crippen LogP contribution in [0.15, 0.2) is 24.3 Å². The molecule has 2 saturated heterocycles. The number of esters is 1. The Balaban J connectivity index is 1.71. The SMILES string of the molecule is COC(=O)c1[nH]c(C)c(C(=O)C2C(=O)C(=O)N(CCN3CCOCC3)C2c2ccc(C)cc2)c1C. The van der Waals surface area contributed by atoms with Crippen molar-refractivity contribution in [3.8, 4) is 0 Å². The Morgan fingerprint density at radius 1 is 1.06 bits per heavy atom. The molecule has 186 valence electrons. The molecule has 2 atom stereocenters. The average molecular weight is 482 g/mol. The smallest absolute Gasteiger partial charge is 0.354 e. The molecule has 4 rings (SSSR count). The highest BCUT2D eigenvalue weighted by molar-refractivity contribution is 6.44. The summed E-state index contributed by atoms with van der Waals surface area (Å²) in [7, 11) is 1.26. The lowest BCUT2D eigenvalue weighted by Gasteiger charge is -2.31. The standard InChI is InChI=1S/C26H31N3O6/c1-15-5-7-18(8-6-15)22-20(23(30)19-16(2)21(26(33)34-4)27-17(19)3)24(31)25(32)29(22)10-9-28-11-13-35-14-12-28/h5-8,20,22,27H,9-14H2,1-4H3. The minimum Gasteiger partial charge on any atom is -0.464 e. The van der Waals surface area contributed by atoms with Crippen LogP contribution in [0, 0.1) is 26.7 Å². The van der Waals surface area contributed by atoms with Crippen molar-refractivity contribution in [2.24, 2.45) is 5.92 Å². The summed E-state index contributed by atoms with van der Waals surface area (Å²) >= 11 is 0. The van der Waals surface area contributed by atoms with E-state index in [-0.39, 0.29) is 11.3 Å². The van der Waals surface area contributed by atoms with Crippen molar-refractivity contribution in [1.82, 2.24) is 14.8 Å². The number of benzene rings is 1. The van der Waals surface area contributed by atoms with Crippen LogP contribution in [0.1, 0.15) is 49.3 Å². The molecule has 9 heteroatoms. The number of aromatic amines is 1. The number of rotatable bonds is 7. The van der Waals surface area contributed by atoms with Crippen LogP contribution >= 0.6 is 0 Å². The van der Waals surface area contributed by atoms with Gasteiger partial charge >= 0.3 is 5.97 Å². The maximum Gasteiger partial charge on any atom is 0.354 e. The Morgan fingerprint density at radius 2 is 1.71 bits per heavy atom. The number of ether oxygens (including phenoxy) is 2. The van der Waals surface area contributed by atoms with Crippen LogP contribution in [0.4, 0.5) is 0 Å². The molecule has 2 unspecified atom stereocenters. The van der Waals surface area contributed by atoms with Gasteiger partial charge in [0.05, 0.1) is 26.4 Å². The summed E-state index contributed by atoms with van der Waals surface area (Å²) in [4.78, 5) is 59.2. The second-order valence-electron chi connectivity index (χ2n) is 9.13. The van der Waals surface area contributed by atoms with Gasteiger partial charge in [0.2, 0.25) is 5.78 Å². The molecule has 2 aliphatic rings. The fraction of sp³-hybridized carbons (Fsp3) is 0.462. The first-order valence-corrected chi connectivity index (χ1v) is 11.8. The third-order valence-electron chi connectivity index (χ3n) is 6.94. The predicted octanol–water partition coefficient (Wildman–Crippen LogP) is 2.01. The van der Waals surface area contributed by atoms with Crippen molar-refractivity contribution in [3.63, 3.8) is 0 Å².